The minimum absolute atomic E-state index is 0.0402. The third kappa shape index (κ3) is 2.59. The van der Waals surface area contributed by atoms with Crippen molar-refractivity contribution in [2.75, 3.05) is 7.11 Å². The maximum atomic E-state index is 11.9. The van der Waals surface area contributed by atoms with Crippen LogP contribution in [0.25, 0.3) is 0 Å². The number of nitrogens with zero attached hydrogens (tertiary/aromatic N) is 1. The number of hydrogen-bond acceptors (Lipinski definition) is 4. The van der Waals surface area contributed by atoms with E-state index in [1.165, 1.54) is 13.3 Å². The van der Waals surface area contributed by atoms with Crippen LogP contribution in [-0.4, -0.2) is 24.2 Å². The Hall–Kier alpha value is -2.10. The summed E-state index contributed by atoms with van der Waals surface area (Å²) in [6, 6.07) is 9.74. The molecule has 0 aromatic heterocycles. The Balaban J connectivity index is 2.22. The Morgan fingerprint density at radius 2 is 2.06 bits per heavy atom. The van der Waals surface area contributed by atoms with Crippen LogP contribution in [0.15, 0.2) is 46.8 Å². The normalized spacial score (nSPS) is 20.5. The molecule has 4 heteroatoms. The van der Waals surface area contributed by atoms with E-state index in [1.807, 2.05) is 30.3 Å². The van der Waals surface area contributed by atoms with Gasteiger partial charge in [0.2, 0.25) is 0 Å². The molecule has 0 heterocycles. The second kappa shape index (κ2) is 5.49. The van der Waals surface area contributed by atoms with Crippen molar-refractivity contribution < 1.29 is 14.7 Å². The summed E-state index contributed by atoms with van der Waals surface area (Å²) in [5, 5.41) is 13.4. The SMILES string of the molecule is CO/N=C/C1=C(O)CC(c2ccccc2)CC1=O. The summed E-state index contributed by atoms with van der Waals surface area (Å²) in [6.45, 7) is 0. The lowest BCUT2D eigenvalue weighted by Gasteiger charge is -2.22. The van der Waals surface area contributed by atoms with Crippen molar-refractivity contribution >= 4 is 12.0 Å². The molecule has 1 aromatic carbocycles. The monoisotopic (exact) mass is 245 g/mol. The van der Waals surface area contributed by atoms with E-state index in [0.29, 0.717) is 12.8 Å². The molecule has 0 radical (unpaired) electrons. The molecule has 18 heavy (non-hydrogen) atoms. The molecule has 0 saturated heterocycles. The van der Waals surface area contributed by atoms with Crippen LogP contribution in [0.2, 0.25) is 0 Å². The summed E-state index contributed by atoms with van der Waals surface area (Å²) >= 11 is 0. The van der Waals surface area contributed by atoms with Crippen LogP contribution in [0.4, 0.5) is 0 Å². The molecule has 1 aliphatic rings. The predicted molar refractivity (Wildman–Crippen MR) is 68.6 cm³/mol. The van der Waals surface area contributed by atoms with Gasteiger partial charge in [-0.2, -0.15) is 0 Å². The highest BCUT2D eigenvalue weighted by Gasteiger charge is 2.27. The Bertz CT molecular complexity index is 491. The van der Waals surface area contributed by atoms with Gasteiger partial charge in [0.05, 0.1) is 11.8 Å². The quantitative estimate of drug-likeness (QED) is 0.657. The third-order valence-electron chi connectivity index (χ3n) is 3.04. The van der Waals surface area contributed by atoms with Gasteiger partial charge < -0.3 is 9.94 Å². The van der Waals surface area contributed by atoms with Gasteiger partial charge >= 0.3 is 0 Å². The highest BCUT2D eigenvalue weighted by Crippen LogP contribution is 2.32. The zero-order valence-corrected chi connectivity index (χ0v) is 10.2. The molecular formula is C14H15NO3. The van der Waals surface area contributed by atoms with Crippen LogP contribution in [0.1, 0.15) is 24.3 Å². The van der Waals surface area contributed by atoms with Gasteiger partial charge in [-0.3, -0.25) is 4.79 Å². The van der Waals surface area contributed by atoms with E-state index in [2.05, 4.69) is 9.99 Å². The third-order valence-corrected chi connectivity index (χ3v) is 3.04. The standard InChI is InChI=1S/C14H15NO3/c1-18-15-9-12-13(16)7-11(8-14(12)17)10-5-3-2-4-6-10/h2-6,9,11,16H,7-8H2,1H3/b15-9+. The molecule has 94 valence electrons. The number of aliphatic hydroxyl groups is 1. The Kier molecular flexibility index (Phi) is 3.77. The number of hydrogen-bond donors (Lipinski definition) is 1. The summed E-state index contributed by atoms with van der Waals surface area (Å²) in [7, 11) is 1.40. The van der Waals surface area contributed by atoms with Crippen molar-refractivity contribution in [1.82, 2.24) is 0 Å². The Morgan fingerprint density at radius 1 is 1.33 bits per heavy atom. The number of ketones is 1. The fourth-order valence-corrected chi connectivity index (χ4v) is 2.12. The number of carbonyl (C=O) groups is 1. The molecule has 0 amide bonds. The summed E-state index contributed by atoms with van der Waals surface area (Å²) in [4.78, 5) is 16.5. The van der Waals surface area contributed by atoms with Crippen molar-refractivity contribution in [3.63, 3.8) is 0 Å². The molecule has 2 rings (SSSR count). The number of benzene rings is 1. The van der Waals surface area contributed by atoms with Gasteiger partial charge in [0.25, 0.3) is 0 Å². The van der Waals surface area contributed by atoms with Crippen molar-refractivity contribution in [3.05, 3.63) is 47.2 Å². The van der Waals surface area contributed by atoms with Gasteiger partial charge in [-0.1, -0.05) is 35.5 Å². The number of aliphatic hydroxyl groups excluding tert-OH is 1. The van der Waals surface area contributed by atoms with E-state index in [9.17, 15) is 9.90 Å². The van der Waals surface area contributed by atoms with Crippen LogP contribution in [-0.2, 0) is 9.63 Å². The van der Waals surface area contributed by atoms with E-state index in [4.69, 9.17) is 0 Å². The molecule has 1 atom stereocenters. The molecule has 4 nitrogen and oxygen atoms in total. The maximum Gasteiger partial charge on any atom is 0.168 e. The Labute approximate surface area is 106 Å². The number of Topliss-reactive ketones (excluding diaryl/α,β-unsaturated/α-hetero) is 1. The fraction of sp³-hybridized carbons (Fsp3) is 0.286. The highest BCUT2D eigenvalue weighted by atomic mass is 16.6. The molecular weight excluding hydrogens is 230 g/mol. The zero-order chi connectivity index (χ0) is 13.0. The van der Waals surface area contributed by atoms with E-state index < -0.39 is 0 Å². The zero-order valence-electron chi connectivity index (χ0n) is 10.2. The number of allylic oxidation sites excluding steroid dienone is 2. The lowest BCUT2D eigenvalue weighted by Crippen LogP contribution is -2.19. The average molecular weight is 245 g/mol. The predicted octanol–water partition coefficient (Wildman–Crippen LogP) is 2.58. The molecule has 1 N–H and O–H groups in total. The van der Waals surface area contributed by atoms with Crippen LogP contribution in [0.5, 0.6) is 0 Å². The second-order valence-corrected chi connectivity index (χ2v) is 4.22. The van der Waals surface area contributed by atoms with E-state index in [1.54, 1.807) is 0 Å². The molecule has 0 saturated carbocycles. The number of oxime groups is 1. The van der Waals surface area contributed by atoms with Crippen LogP contribution >= 0.6 is 0 Å². The van der Waals surface area contributed by atoms with Crippen LogP contribution in [0.3, 0.4) is 0 Å². The van der Waals surface area contributed by atoms with Gasteiger partial charge in [-0.05, 0) is 11.5 Å². The topological polar surface area (TPSA) is 58.9 Å². The van der Waals surface area contributed by atoms with Crippen molar-refractivity contribution in [1.29, 1.82) is 0 Å². The molecule has 1 aromatic rings. The van der Waals surface area contributed by atoms with Gasteiger partial charge in [-0.25, -0.2) is 0 Å². The summed E-state index contributed by atoms with van der Waals surface area (Å²) < 4.78 is 0. The molecule has 1 aliphatic carbocycles. The first kappa shape index (κ1) is 12.4. The summed E-state index contributed by atoms with van der Waals surface area (Å²) in [5.74, 6) is 0.0210. The van der Waals surface area contributed by atoms with Crippen LogP contribution < -0.4 is 0 Å². The lowest BCUT2D eigenvalue weighted by atomic mass is 9.83. The van der Waals surface area contributed by atoms with Crippen molar-refractivity contribution in [2.45, 2.75) is 18.8 Å². The minimum Gasteiger partial charge on any atom is -0.511 e. The lowest BCUT2D eigenvalue weighted by molar-refractivity contribution is -0.116. The van der Waals surface area contributed by atoms with Crippen molar-refractivity contribution in [3.8, 4) is 0 Å². The van der Waals surface area contributed by atoms with E-state index in [0.717, 1.165) is 5.56 Å². The minimum atomic E-state index is -0.103. The number of rotatable bonds is 3. The Morgan fingerprint density at radius 3 is 2.67 bits per heavy atom. The van der Waals surface area contributed by atoms with Gasteiger partial charge in [0.1, 0.15) is 12.9 Å². The highest BCUT2D eigenvalue weighted by molar-refractivity contribution is 6.14. The molecule has 1 unspecified atom stereocenters. The summed E-state index contributed by atoms with van der Waals surface area (Å²) in [5.41, 5.74) is 1.32. The molecule has 0 aliphatic heterocycles. The first-order valence-corrected chi connectivity index (χ1v) is 5.79. The largest absolute Gasteiger partial charge is 0.511 e. The van der Waals surface area contributed by atoms with Gasteiger partial charge in [0.15, 0.2) is 5.78 Å². The van der Waals surface area contributed by atoms with Crippen LogP contribution in [0, 0.1) is 0 Å². The maximum absolute atomic E-state index is 11.9. The number of carbonyl (C=O) groups excluding carboxylic acids is 1. The fourth-order valence-electron chi connectivity index (χ4n) is 2.12. The molecule has 0 bridgehead atoms. The first-order chi connectivity index (χ1) is 8.72. The first-order valence-electron chi connectivity index (χ1n) is 5.79. The van der Waals surface area contributed by atoms with Gasteiger partial charge in [-0.15, -0.1) is 0 Å². The van der Waals surface area contributed by atoms with Gasteiger partial charge in [0, 0.05) is 12.8 Å². The summed E-state index contributed by atoms with van der Waals surface area (Å²) in [6.07, 6.45) is 2.12. The van der Waals surface area contributed by atoms with Crippen molar-refractivity contribution in [2.24, 2.45) is 5.16 Å². The average Bonchev–Trinajstić information content (AvgIpc) is 2.39. The second-order valence-electron chi connectivity index (χ2n) is 4.22. The van der Waals surface area contributed by atoms with E-state index >= 15 is 0 Å². The smallest absolute Gasteiger partial charge is 0.168 e. The molecule has 0 spiro atoms. The van der Waals surface area contributed by atoms with E-state index in [-0.39, 0.29) is 23.0 Å². The molecule has 0 fully saturated rings.